The maximum atomic E-state index is 12.7. The topological polar surface area (TPSA) is 91.7 Å². The van der Waals surface area contributed by atoms with E-state index in [1.165, 1.54) is 6.07 Å². The highest BCUT2D eigenvalue weighted by Gasteiger charge is 2.21. The van der Waals surface area contributed by atoms with Gasteiger partial charge in [-0.05, 0) is 24.3 Å². The van der Waals surface area contributed by atoms with Crippen molar-refractivity contribution in [3.8, 4) is 0 Å². The van der Waals surface area contributed by atoms with Crippen molar-refractivity contribution in [2.75, 3.05) is 29.9 Å². The molecule has 2 amide bonds. The lowest BCUT2D eigenvalue weighted by Gasteiger charge is -2.30. The Hall–Kier alpha value is -3.61. The van der Waals surface area contributed by atoms with Gasteiger partial charge in [0.2, 0.25) is 5.91 Å². The first kappa shape index (κ1) is 16.8. The summed E-state index contributed by atoms with van der Waals surface area (Å²) < 4.78 is 5.23. The number of carbonyl (C=O) groups is 2. The molecule has 0 radical (unpaired) electrons. The van der Waals surface area contributed by atoms with Crippen LogP contribution in [0.5, 0.6) is 0 Å². The summed E-state index contributed by atoms with van der Waals surface area (Å²) in [5.74, 6) is -0.624. The molecule has 1 aliphatic rings. The van der Waals surface area contributed by atoms with Crippen LogP contribution >= 0.6 is 0 Å². The Kier molecular flexibility index (Phi) is 4.33. The first-order chi connectivity index (χ1) is 13.1. The fourth-order valence-electron chi connectivity index (χ4n) is 3.11. The summed E-state index contributed by atoms with van der Waals surface area (Å²) >= 11 is 0. The second-order valence-corrected chi connectivity index (χ2v) is 6.23. The summed E-state index contributed by atoms with van der Waals surface area (Å²) in [7, 11) is 0. The first-order valence-electron chi connectivity index (χ1n) is 8.57. The van der Waals surface area contributed by atoms with Gasteiger partial charge in [0.15, 0.2) is 0 Å². The van der Waals surface area contributed by atoms with Crippen LogP contribution in [0.1, 0.15) is 10.4 Å². The highest BCUT2D eigenvalue weighted by atomic mass is 16.4. The minimum atomic E-state index is -0.693. The average molecular weight is 363 g/mol. The molecule has 1 aromatic heterocycles. The van der Waals surface area contributed by atoms with Crippen LogP contribution in [0, 0.1) is 0 Å². The van der Waals surface area contributed by atoms with Crippen molar-refractivity contribution < 1.29 is 14.0 Å². The van der Waals surface area contributed by atoms with Gasteiger partial charge in [-0.3, -0.25) is 9.59 Å². The number of fused-ring (bicyclic) bond motifs is 1. The number of anilines is 2. The molecular weight excluding hydrogens is 346 g/mol. The highest BCUT2D eigenvalue weighted by molar-refractivity contribution is 6.07. The molecule has 2 aromatic carbocycles. The van der Waals surface area contributed by atoms with Gasteiger partial charge >= 0.3 is 5.63 Å². The largest absolute Gasteiger partial charge is 0.422 e. The Morgan fingerprint density at radius 2 is 1.85 bits per heavy atom. The number of carbonyl (C=O) groups excluding carboxylic acids is 2. The number of piperazine rings is 1. The number of hydrogen-bond acceptors (Lipinski definition) is 5. The maximum absolute atomic E-state index is 12.7. The van der Waals surface area contributed by atoms with Crippen LogP contribution in [-0.2, 0) is 4.79 Å². The molecule has 27 heavy (non-hydrogen) atoms. The Labute approximate surface area is 154 Å². The number of nitrogens with zero attached hydrogens (tertiary/aromatic N) is 1. The lowest BCUT2D eigenvalue weighted by atomic mass is 10.1. The molecule has 1 aliphatic heterocycles. The number of nitrogens with one attached hydrogen (secondary N) is 2. The fourth-order valence-corrected chi connectivity index (χ4v) is 3.11. The Bertz CT molecular complexity index is 1090. The van der Waals surface area contributed by atoms with E-state index in [0.29, 0.717) is 29.7 Å². The Balaban J connectivity index is 1.65. The molecule has 2 N–H and O–H groups in total. The molecule has 3 aromatic rings. The lowest BCUT2D eigenvalue weighted by molar-refractivity contribution is -0.120. The van der Waals surface area contributed by atoms with E-state index < -0.39 is 11.5 Å². The molecule has 0 unspecified atom stereocenters. The minimum Gasteiger partial charge on any atom is -0.422 e. The number of hydrogen-bond donors (Lipinski definition) is 2. The summed E-state index contributed by atoms with van der Waals surface area (Å²) in [5.41, 5.74) is 0.926. The van der Waals surface area contributed by atoms with Gasteiger partial charge in [-0.15, -0.1) is 0 Å². The quantitative estimate of drug-likeness (QED) is 0.695. The van der Waals surface area contributed by atoms with Crippen molar-refractivity contribution in [1.29, 1.82) is 0 Å². The minimum absolute atomic E-state index is 0.0695. The van der Waals surface area contributed by atoms with E-state index >= 15 is 0 Å². The zero-order valence-corrected chi connectivity index (χ0v) is 14.4. The van der Waals surface area contributed by atoms with Gasteiger partial charge < -0.3 is 20.0 Å². The number of rotatable bonds is 3. The summed E-state index contributed by atoms with van der Waals surface area (Å²) in [6.45, 7) is 1.39. The monoisotopic (exact) mass is 363 g/mol. The van der Waals surface area contributed by atoms with E-state index in [0.717, 1.165) is 5.69 Å². The molecule has 2 heterocycles. The van der Waals surface area contributed by atoms with Crippen LogP contribution in [0.2, 0.25) is 0 Å². The summed E-state index contributed by atoms with van der Waals surface area (Å²) in [4.78, 5) is 38.5. The van der Waals surface area contributed by atoms with E-state index in [4.69, 9.17) is 4.42 Å². The third-order valence-electron chi connectivity index (χ3n) is 4.42. The SMILES string of the molecule is O=C1CN(c2ccccc2NC(=O)c2cc3ccccc3oc2=O)CCN1. The maximum Gasteiger partial charge on any atom is 0.349 e. The van der Waals surface area contributed by atoms with Gasteiger partial charge in [0.05, 0.1) is 17.9 Å². The van der Waals surface area contributed by atoms with Gasteiger partial charge in [0.1, 0.15) is 11.1 Å². The van der Waals surface area contributed by atoms with Crippen molar-refractivity contribution in [2.24, 2.45) is 0 Å². The van der Waals surface area contributed by atoms with Crippen molar-refractivity contribution in [1.82, 2.24) is 5.32 Å². The van der Waals surface area contributed by atoms with E-state index in [-0.39, 0.29) is 18.0 Å². The van der Waals surface area contributed by atoms with Crippen LogP contribution < -0.4 is 21.2 Å². The average Bonchev–Trinajstić information content (AvgIpc) is 2.68. The number of para-hydroxylation sites is 3. The molecule has 0 spiro atoms. The van der Waals surface area contributed by atoms with Gasteiger partial charge in [0, 0.05) is 18.5 Å². The second kappa shape index (κ2) is 6.95. The van der Waals surface area contributed by atoms with Crippen LogP contribution in [0.25, 0.3) is 11.0 Å². The zero-order chi connectivity index (χ0) is 18.8. The molecule has 1 fully saturated rings. The molecule has 0 aliphatic carbocycles. The molecule has 4 rings (SSSR count). The van der Waals surface area contributed by atoms with E-state index in [1.807, 2.05) is 17.0 Å². The van der Waals surface area contributed by atoms with Gasteiger partial charge in [-0.2, -0.15) is 0 Å². The molecule has 0 atom stereocenters. The van der Waals surface area contributed by atoms with Gasteiger partial charge in [-0.25, -0.2) is 4.79 Å². The third kappa shape index (κ3) is 3.39. The summed E-state index contributed by atoms with van der Waals surface area (Å²) in [6.07, 6.45) is 0. The molecule has 0 saturated carbocycles. The van der Waals surface area contributed by atoms with E-state index in [2.05, 4.69) is 10.6 Å². The predicted molar refractivity (Wildman–Crippen MR) is 102 cm³/mol. The Morgan fingerprint density at radius 1 is 1.07 bits per heavy atom. The predicted octanol–water partition coefficient (Wildman–Crippen LogP) is 1.98. The highest BCUT2D eigenvalue weighted by Crippen LogP contribution is 2.26. The molecule has 0 bridgehead atoms. The lowest BCUT2D eigenvalue weighted by Crippen LogP contribution is -2.47. The number of benzene rings is 2. The van der Waals surface area contributed by atoms with Crippen molar-refractivity contribution >= 4 is 34.2 Å². The summed E-state index contributed by atoms with van der Waals surface area (Å²) in [5, 5.41) is 6.21. The van der Waals surface area contributed by atoms with E-state index in [1.54, 1.807) is 36.4 Å². The molecule has 136 valence electrons. The van der Waals surface area contributed by atoms with Crippen molar-refractivity contribution in [2.45, 2.75) is 0 Å². The molecular formula is C20H17N3O4. The standard InChI is InChI=1S/C20H17N3O4/c24-18-12-23(10-9-21-18)16-7-3-2-6-15(16)22-19(25)14-11-13-5-1-4-8-17(13)27-20(14)26/h1-8,11H,9-10,12H2,(H,21,24)(H,22,25). The Morgan fingerprint density at radius 3 is 2.70 bits per heavy atom. The number of amides is 2. The second-order valence-electron chi connectivity index (χ2n) is 6.23. The van der Waals surface area contributed by atoms with Crippen molar-refractivity contribution in [3.05, 3.63) is 70.6 Å². The van der Waals surface area contributed by atoms with Crippen LogP contribution in [0.4, 0.5) is 11.4 Å². The van der Waals surface area contributed by atoms with Crippen LogP contribution in [0.15, 0.2) is 63.8 Å². The first-order valence-corrected chi connectivity index (χ1v) is 8.57. The normalized spacial score (nSPS) is 14.1. The summed E-state index contributed by atoms with van der Waals surface area (Å²) in [6, 6.07) is 15.7. The van der Waals surface area contributed by atoms with Crippen molar-refractivity contribution in [3.63, 3.8) is 0 Å². The van der Waals surface area contributed by atoms with Gasteiger partial charge in [0.25, 0.3) is 5.91 Å². The molecule has 7 nitrogen and oxygen atoms in total. The molecule has 7 heteroatoms. The molecule has 1 saturated heterocycles. The van der Waals surface area contributed by atoms with Crippen LogP contribution in [0.3, 0.4) is 0 Å². The van der Waals surface area contributed by atoms with E-state index in [9.17, 15) is 14.4 Å². The smallest absolute Gasteiger partial charge is 0.349 e. The fraction of sp³-hybridized carbons (Fsp3) is 0.150. The zero-order valence-electron chi connectivity index (χ0n) is 14.4. The van der Waals surface area contributed by atoms with Gasteiger partial charge in [-0.1, -0.05) is 30.3 Å². The van der Waals surface area contributed by atoms with Crippen LogP contribution in [-0.4, -0.2) is 31.4 Å². The third-order valence-corrected chi connectivity index (χ3v) is 4.42.